The second-order valence-electron chi connectivity index (χ2n) is 5.42. The largest absolute Gasteiger partial charge is 0.494 e. The SMILES string of the molecule is CCOc1ccc(NC(=O)CSc2c(C)[nH]c3ccccc23)cc1. The minimum atomic E-state index is -0.0196. The van der Waals surface area contributed by atoms with Crippen molar-refractivity contribution in [3.63, 3.8) is 0 Å². The molecule has 3 aromatic rings. The molecule has 5 heteroatoms. The van der Waals surface area contributed by atoms with Gasteiger partial charge in [0.15, 0.2) is 0 Å². The molecule has 0 saturated carbocycles. The Morgan fingerprint density at radius 2 is 1.92 bits per heavy atom. The fourth-order valence-corrected chi connectivity index (χ4v) is 3.52. The zero-order chi connectivity index (χ0) is 16.9. The smallest absolute Gasteiger partial charge is 0.234 e. The Balaban J connectivity index is 1.61. The molecule has 2 aromatic carbocycles. The highest BCUT2D eigenvalue weighted by Gasteiger charge is 2.11. The minimum absolute atomic E-state index is 0.0196. The van der Waals surface area contributed by atoms with Gasteiger partial charge in [0.05, 0.1) is 12.4 Å². The quantitative estimate of drug-likeness (QED) is 0.645. The summed E-state index contributed by atoms with van der Waals surface area (Å²) in [5.74, 6) is 1.16. The number of thioether (sulfide) groups is 1. The fourth-order valence-electron chi connectivity index (χ4n) is 2.57. The van der Waals surface area contributed by atoms with E-state index in [1.54, 1.807) is 11.8 Å². The van der Waals surface area contributed by atoms with E-state index < -0.39 is 0 Å². The van der Waals surface area contributed by atoms with Crippen LogP contribution in [0.2, 0.25) is 0 Å². The molecule has 124 valence electrons. The van der Waals surface area contributed by atoms with Crippen LogP contribution in [0.15, 0.2) is 53.4 Å². The van der Waals surface area contributed by atoms with Crippen molar-refractivity contribution in [3.05, 3.63) is 54.2 Å². The molecule has 0 aliphatic heterocycles. The topological polar surface area (TPSA) is 54.1 Å². The molecular formula is C19H20N2O2S. The predicted molar refractivity (Wildman–Crippen MR) is 100 cm³/mol. The van der Waals surface area contributed by atoms with Crippen molar-refractivity contribution in [2.75, 3.05) is 17.7 Å². The number of fused-ring (bicyclic) bond motifs is 1. The van der Waals surface area contributed by atoms with Gasteiger partial charge in [-0.2, -0.15) is 0 Å². The molecule has 3 rings (SSSR count). The molecule has 0 aliphatic rings. The second kappa shape index (κ2) is 7.45. The average molecular weight is 340 g/mol. The molecule has 1 heterocycles. The molecule has 2 N–H and O–H groups in total. The molecule has 1 aromatic heterocycles. The van der Waals surface area contributed by atoms with Crippen molar-refractivity contribution >= 4 is 34.3 Å². The summed E-state index contributed by atoms with van der Waals surface area (Å²) < 4.78 is 5.40. The van der Waals surface area contributed by atoms with Gasteiger partial charge in [0.2, 0.25) is 5.91 Å². The van der Waals surface area contributed by atoms with Gasteiger partial charge in [0, 0.05) is 27.2 Å². The molecule has 0 fully saturated rings. The predicted octanol–water partition coefficient (Wildman–Crippen LogP) is 4.61. The lowest BCUT2D eigenvalue weighted by molar-refractivity contribution is -0.113. The van der Waals surface area contributed by atoms with Crippen LogP contribution >= 0.6 is 11.8 Å². The third kappa shape index (κ3) is 3.74. The molecule has 1 amide bonds. The molecule has 4 nitrogen and oxygen atoms in total. The Kier molecular flexibility index (Phi) is 5.11. The van der Waals surface area contributed by atoms with Crippen LogP contribution in [0.25, 0.3) is 10.9 Å². The summed E-state index contributed by atoms with van der Waals surface area (Å²) in [7, 11) is 0. The van der Waals surface area contributed by atoms with Crippen LogP contribution in [0.3, 0.4) is 0 Å². The summed E-state index contributed by atoms with van der Waals surface area (Å²) in [6.45, 7) is 4.61. The standard InChI is InChI=1S/C19H20N2O2S/c1-3-23-15-10-8-14(9-11-15)21-18(22)12-24-19-13(2)20-17-7-5-4-6-16(17)19/h4-11,20H,3,12H2,1-2H3,(H,21,22). The van der Waals surface area contributed by atoms with E-state index in [0.717, 1.165) is 32.9 Å². The lowest BCUT2D eigenvalue weighted by Gasteiger charge is -2.07. The zero-order valence-electron chi connectivity index (χ0n) is 13.8. The number of nitrogens with one attached hydrogen (secondary N) is 2. The van der Waals surface area contributed by atoms with Gasteiger partial charge < -0.3 is 15.0 Å². The van der Waals surface area contributed by atoms with E-state index in [1.807, 2.05) is 56.3 Å². The Bertz CT molecular complexity index is 840. The van der Waals surface area contributed by atoms with Crippen LogP contribution in [0, 0.1) is 6.92 Å². The number of aromatic nitrogens is 1. The highest BCUT2D eigenvalue weighted by Crippen LogP contribution is 2.31. The summed E-state index contributed by atoms with van der Waals surface area (Å²) in [6, 6.07) is 15.6. The number of anilines is 1. The van der Waals surface area contributed by atoms with Crippen LogP contribution in [-0.2, 0) is 4.79 Å². The van der Waals surface area contributed by atoms with Gasteiger partial charge in [-0.1, -0.05) is 18.2 Å². The van der Waals surface area contributed by atoms with Gasteiger partial charge in [-0.25, -0.2) is 0 Å². The first-order valence-electron chi connectivity index (χ1n) is 7.90. The third-order valence-corrected chi connectivity index (χ3v) is 4.85. The Labute approximate surface area is 145 Å². The van der Waals surface area contributed by atoms with E-state index >= 15 is 0 Å². The van der Waals surface area contributed by atoms with Crippen LogP contribution < -0.4 is 10.1 Å². The second-order valence-corrected chi connectivity index (χ2v) is 6.40. The Morgan fingerprint density at radius 1 is 1.17 bits per heavy atom. The van der Waals surface area contributed by atoms with E-state index in [1.165, 1.54) is 0 Å². The van der Waals surface area contributed by atoms with Gasteiger partial charge in [-0.05, 0) is 44.2 Å². The first kappa shape index (κ1) is 16.5. The number of carbonyl (C=O) groups is 1. The molecule has 0 saturated heterocycles. The summed E-state index contributed by atoms with van der Waals surface area (Å²) in [5.41, 5.74) is 2.97. The van der Waals surface area contributed by atoms with Crippen molar-refractivity contribution in [3.8, 4) is 5.75 Å². The lowest BCUT2D eigenvalue weighted by Crippen LogP contribution is -2.13. The third-order valence-electron chi connectivity index (χ3n) is 3.63. The highest BCUT2D eigenvalue weighted by atomic mass is 32.2. The number of hydrogen-bond donors (Lipinski definition) is 2. The maximum atomic E-state index is 12.2. The van der Waals surface area contributed by atoms with Gasteiger partial charge in [-0.3, -0.25) is 4.79 Å². The molecule has 0 bridgehead atoms. The van der Waals surface area contributed by atoms with Gasteiger partial charge in [0.1, 0.15) is 5.75 Å². The fraction of sp³-hybridized carbons (Fsp3) is 0.211. The highest BCUT2D eigenvalue weighted by molar-refractivity contribution is 8.00. The average Bonchev–Trinajstić information content (AvgIpc) is 2.90. The van der Waals surface area contributed by atoms with Crippen molar-refractivity contribution < 1.29 is 9.53 Å². The van der Waals surface area contributed by atoms with E-state index in [4.69, 9.17) is 4.74 Å². The molecule has 0 radical (unpaired) electrons. The van der Waals surface area contributed by atoms with E-state index in [2.05, 4.69) is 16.4 Å². The first-order valence-corrected chi connectivity index (χ1v) is 8.88. The number of hydrogen-bond acceptors (Lipinski definition) is 3. The van der Waals surface area contributed by atoms with Crippen LogP contribution in [0.5, 0.6) is 5.75 Å². The van der Waals surface area contributed by atoms with Crippen LogP contribution in [-0.4, -0.2) is 23.3 Å². The number of benzene rings is 2. The monoisotopic (exact) mass is 340 g/mol. The van der Waals surface area contributed by atoms with E-state index in [-0.39, 0.29) is 5.91 Å². The zero-order valence-corrected chi connectivity index (χ0v) is 14.6. The number of carbonyl (C=O) groups excluding carboxylic acids is 1. The van der Waals surface area contributed by atoms with E-state index in [9.17, 15) is 4.79 Å². The van der Waals surface area contributed by atoms with Gasteiger partial charge in [-0.15, -0.1) is 11.8 Å². The molecular weight excluding hydrogens is 320 g/mol. The van der Waals surface area contributed by atoms with Crippen molar-refractivity contribution in [2.24, 2.45) is 0 Å². The van der Waals surface area contributed by atoms with Crippen LogP contribution in [0.4, 0.5) is 5.69 Å². The van der Waals surface area contributed by atoms with Gasteiger partial charge in [0.25, 0.3) is 0 Å². The number of aromatic amines is 1. The number of rotatable bonds is 6. The molecule has 0 spiro atoms. The van der Waals surface area contributed by atoms with Gasteiger partial charge >= 0.3 is 0 Å². The number of para-hydroxylation sites is 1. The van der Waals surface area contributed by atoms with Crippen molar-refractivity contribution in [1.29, 1.82) is 0 Å². The minimum Gasteiger partial charge on any atom is -0.494 e. The maximum absolute atomic E-state index is 12.2. The Hall–Kier alpha value is -2.40. The molecule has 24 heavy (non-hydrogen) atoms. The molecule has 0 unspecified atom stereocenters. The maximum Gasteiger partial charge on any atom is 0.234 e. The number of aryl methyl sites for hydroxylation is 1. The summed E-state index contributed by atoms with van der Waals surface area (Å²) in [5, 5.41) is 4.08. The number of H-pyrrole nitrogens is 1. The molecule has 0 atom stereocenters. The van der Waals surface area contributed by atoms with Crippen molar-refractivity contribution in [2.45, 2.75) is 18.7 Å². The molecule has 0 aliphatic carbocycles. The summed E-state index contributed by atoms with van der Waals surface area (Å²) in [4.78, 5) is 16.7. The number of ether oxygens (including phenoxy) is 1. The number of amides is 1. The van der Waals surface area contributed by atoms with E-state index in [0.29, 0.717) is 12.4 Å². The normalized spacial score (nSPS) is 10.8. The lowest BCUT2D eigenvalue weighted by atomic mass is 10.2. The van der Waals surface area contributed by atoms with Crippen molar-refractivity contribution in [1.82, 2.24) is 4.98 Å². The summed E-state index contributed by atoms with van der Waals surface area (Å²) >= 11 is 1.55. The summed E-state index contributed by atoms with van der Waals surface area (Å²) in [6.07, 6.45) is 0. The van der Waals surface area contributed by atoms with Crippen LogP contribution in [0.1, 0.15) is 12.6 Å². The first-order chi connectivity index (χ1) is 11.7. The Morgan fingerprint density at radius 3 is 2.67 bits per heavy atom.